The summed E-state index contributed by atoms with van der Waals surface area (Å²) in [5, 5.41) is 32.5. The van der Waals surface area contributed by atoms with Crippen molar-refractivity contribution in [3.63, 3.8) is 0 Å². The number of aromatic nitrogens is 1. The Morgan fingerprint density at radius 1 is 1.39 bits per heavy atom. The van der Waals surface area contributed by atoms with Gasteiger partial charge in [-0.05, 0) is 12.1 Å². The number of benzene rings is 1. The number of anilines is 2. The molecule has 1 aromatic carbocycles. The number of hydrogen-bond donors (Lipinski definition) is 4. The molecule has 0 aliphatic heterocycles. The van der Waals surface area contributed by atoms with E-state index in [1.54, 1.807) is 12.1 Å². The summed E-state index contributed by atoms with van der Waals surface area (Å²) < 4.78 is 4.97. The molecule has 0 fully saturated rings. The molecule has 6 nitrogen and oxygen atoms in total. The zero-order valence-corrected chi connectivity index (χ0v) is 10.3. The molecule has 0 saturated heterocycles. The molecule has 0 aliphatic carbocycles. The third-order valence-electron chi connectivity index (χ3n) is 2.23. The van der Waals surface area contributed by atoms with Gasteiger partial charge < -0.3 is 25.4 Å². The molecule has 0 amide bonds. The Morgan fingerprint density at radius 3 is 2.72 bits per heavy atom. The van der Waals surface area contributed by atoms with E-state index in [0.717, 1.165) is 0 Å². The van der Waals surface area contributed by atoms with Crippen LogP contribution in [-0.4, -0.2) is 27.4 Å². The minimum atomic E-state index is -1.60. The molecule has 0 unspecified atom stereocenters. The lowest BCUT2D eigenvalue weighted by molar-refractivity contribution is -0.0453. The van der Waals surface area contributed by atoms with Crippen molar-refractivity contribution in [2.24, 2.45) is 0 Å². The van der Waals surface area contributed by atoms with E-state index in [4.69, 9.17) is 14.9 Å². The van der Waals surface area contributed by atoms with Gasteiger partial charge in [0.05, 0.1) is 12.8 Å². The van der Waals surface area contributed by atoms with Crippen molar-refractivity contribution in [1.29, 1.82) is 0 Å². The molecule has 96 valence electrons. The number of thiazole rings is 1. The standard InChI is InChI=1S/C11H12N2O4S/c1-17-6-2-3-7(9(14)4-6)12-11-13-8(5-18-11)10(15)16/h2-5,10,14-16H,1H3,(H,12,13). The quantitative estimate of drug-likeness (QED) is 0.497. The number of methoxy groups -OCH3 is 1. The predicted octanol–water partition coefficient (Wildman–Crippen LogP) is 1.58. The zero-order valence-electron chi connectivity index (χ0n) is 9.49. The largest absolute Gasteiger partial charge is 0.506 e. The summed E-state index contributed by atoms with van der Waals surface area (Å²) in [6.07, 6.45) is -1.60. The van der Waals surface area contributed by atoms with Crippen LogP contribution < -0.4 is 10.1 Å². The summed E-state index contributed by atoms with van der Waals surface area (Å²) in [6, 6.07) is 4.81. The van der Waals surface area contributed by atoms with Gasteiger partial charge in [-0.15, -0.1) is 11.3 Å². The second kappa shape index (κ2) is 5.21. The number of nitrogens with zero attached hydrogens (tertiary/aromatic N) is 1. The summed E-state index contributed by atoms with van der Waals surface area (Å²) in [6.45, 7) is 0. The lowest BCUT2D eigenvalue weighted by Gasteiger charge is -2.07. The van der Waals surface area contributed by atoms with Crippen LogP contribution in [0.1, 0.15) is 12.0 Å². The van der Waals surface area contributed by atoms with Gasteiger partial charge in [0.1, 0.15) is 17.2 Å². The van der Waals surface area contributed by atoms with Crippen LogP contribution in [0.15, 0.2) is 23.6 Å². The molecule has 2 aromatic rings. The van der Waals surface area contributed by atoms with E-state index in [2.05, 4.69) is 10.3 Å². The summed E-state index contributed by atoms with van der Waals surface area (Å²) >= 11 is 1.21. The Hall–Kier alpha value is -1.83. The van der Waals surface area contributed by atoms with Gasteiger partial charge in [-0.3, -0.25) is 0 Å². The van der Waals surface area contributed by atoms with Gasteiger partial charge in [0, 0.05) is 11.4 Å². The maximum atomic E-state index is 9.74. The van der Waals surface area contributed by atoms with E-state index in [1.807, 2.05) is 0 Å². The summed E-state index contributed by atoms with van der Waals surface area (Å²) in [7, 11) is 1.51. The number of ether oxygens (including phenoxy) is 1. The lowest BCUT2D eigenvalue weighted by Crippen LogP contribution is -1.96. The highest BCUT2D eigenvalue weighted by atomic mass is 32.1. The fraction of sp³-hybridized carbons (Fsp3) is 0.182. The molecule has 0 spiro atoms. The molecule has 7 heteroatoms. The average Bonchev–Trinajstić information content (AvgIpc) is 2.80. The van der Waals surface area contributed by atoms with Gasteiger partial charge in [-0.2, -0.15) is 0 Å². The maximum absolute atomic E-state index is 9.74. The minimum absolute atomic E-state index is 0.0237. The van der Waals surface area contributed by atoms with Crippen molar-refractivity contribution >= 4 is 22.2 Å². The van der Waals surface area contributed by atoms with Gasteiger partial charge in [-0.25, -0.2) is 4.98 Å². The third kappa shape index (κ3) is 2.70. The first-order chi connectivity index (χ1) is 8.60. The van der Waals surface area contributed by atoms with E-state index in [9.17, 15) is 5.11 Å². The molecule has 0 radical (unpaired) electrons. The molecule has 0 atom stereocenters. The number of aromatic hydroxyl groups is 1. The second-order valence-corrected chi connectivity index (χ2v) is 4.32. The van der Waals surface area contributed by atoms with E-state index < -0.39 is 6.29 Å². The van der Waals surface area contributed by atoms with Gasteiger partial charge in [-0.1, -0.05) is 0 Å². The molecule has 1 aromatic heterocycles. The smallest absolute Gasteiger partial charge is 0.196 e. The molecule has 0 bridgehead atoms. The van der Waals surface area contributed by atoms with Gasteiger partial charge >= 0.3 is 0 Å². The average molecular weight is 268 g/mol. The molecule has 18 heavy (non-hydrogen) atoms. The van der Waals surface area contributed by atoms with Crippen LogP contribution in [0.3, 0.4) is 0 Å². The normalized spacial score (nSPS) is 10.7. The van der Waals surface area contributed by atoms with Crippen LogP contribution in [0, 0.1) is 0 Å². The van der Waals surface area contributed by atoms with Gasteiger partial charge in [0.15, 0.2) is 11.4 Å². The van der Waals surface area contributed by atoms with Crippen LogP contribution in [0.2, 0.25) is 0 Å². The molecule has 4 N–H and O–H groups in total. The van der Waals surface area contributed by atoms with Crippen molar-refractivity contribution in [2.45, 2.75) is 6.29 Å². The molecular formula is C11H12N2O4S. The summed E-state index contributed by atoms with van der Waals surface area (Å²) in [4.78, 5) is 3.95. The fourth-order valence-electron chi connectivity index (χ4n) is 1.32. The zero-order chi connectivity index (χ0) is 13.1. The highest BCUT2D eigenvalue weighted by Gasteiger charge is 2.10. The highest BCUT2D eigenvalue weighted by molar-refractivity contribution is 7.13. The Bertz CT molecular complexity index is 542. The molecule has 1 heterocycles. The van der Waals surface area contributed by atoms with Crippen molar-refractivity contribution in [3.8, 4) is 11.5 Å². The van der Waals surface area contributed by atoms with Gasteiger partial charge in [0.25, 0.3) is 0 Å². The second-order valence-electron chi connectivity index (χ2n) is 3.46. The first kappa shape index (κ1) is 12.6. The Labute approximate surface area is 107 Å². The number of phenolic OH excluding ortho intramolecular Hbond substituents is 1. The fourth-order valence-corrected chi connectivity index (χ4v) is 2.06. The third-order valence-corrected chi connectivity index (χ3v) is 3.01. The van der Waals surface area contributed by atoms with Crippen LogP contribution in [0.4, 0.5) is 10.8 Å². The minimum Gasteiger partial charge on any atom is -0.506 e. The van der Waals surface area contributed by atoms with Crippen molar-refractivity contribution in [1.82, 2.24) is 4.98 Å². The van der Waals surface area contributed by atoms with Crippen LogP contribution in [0.25, 0.3) is 0 Å². The topological polar surface area (TPSA) is 94.8 Å². The predicted molar refractivity (Wildman–Crippen MR) is 67.2 cm³/mol. The van der Waals surface area contributed by atoms with Crippen LogP contribution in [0.5, 0.6) is 11.5 Å². The number of phenols is 1. The number of rotatable bonds is 4. The number of aliphatic hydroxyl groups excluding tert-OH is 1. The monoisotopic (exact) mass is 268 g/mol. The van der Waals surface area contributed by atoms with Crippen LogP contribution >= 0.6 is 11.3 Å². The lowest BCUT2D eigenvalue weighted by atomic mass is 10.3. The van der Waals surface area contributed by atoms with Gasteiger partial charge in [0.2, 0.25) is 0 Å². The first-order valence-electron chi connectivity index (χ1n) is 5.05. The van der Waals surface area contributed by atoms with E-state index in [1.165, 1.54) is 29.9 Å². The number of hydrogen-bond acceptors (Lipinski definition) is 7. The van der Waals surface area contributed by atoms with Crippen molar-refractivity contribution in [3.05, 3.63) is 29.3 Å². The molecule has 0 aliphatic rings. The number of nitrogens with one attached hydrogen (secondary N) is 1. The molecule has 0 saturated carbocycles. The van der Waals surface area contributed by atoms with Crippen LogP contribution in [-0.2, 0) is 0 Å². The van der Waals surface area contributed by atoms with E-state index >= 15 is 0 Å². The first-order valence-corrected chi connectivity index (χ1v) is 5.93. The Morgan fingerprint density at radius 2 is 2.17 bits per heavy atom. The summed E-state index contributed by atoms with van der Waals surface area (Å²) in [5.74, 6) is 0.569. The van der Waals surface area contributed by atoms with Crippen molar-refractivity contribution < 1.29 is 20.1 Å². The maximum Gasteiger partial charge on any atom is 0.196 e. The highest BCUT2D eigenvalue weighted by Crippen LogP contribution is 2.31. The van der Waals surface area contributed by atoms with Crippen molar-refractivity contribution in [2.75, 3.05) is 12.4 Å². The van der Waals surface area contributed by atoms with E-state index in [0.29, 0.717) is 16.6 Å². The Balaban J connectivity index is 2.17. The number of aliphatic hydroxyl groups is 2. The Kier molecular flexibility index (Phi) is 3.66. The SMILES string of the molecule is COc1ccc(Nc2nc(C(O)O)cs2)c(O)c1. The summed E-state index contributed by atoms with van der Waals surface area (Å²) in [5.41, 5.74) is 0.625. The van der Waals surface area contributed by atoms with E-state index in [-0.39, 0.29) is 11.4 Å². The molecule has 2 rings (SSSR count). The molecular weight excluding hydrogens is 256 g/mol.